The largest absolute Gasteiger partial charge is 0.291 e. The molecule has 0 fully saturated rings. The first-order chi connectivity index (χ1) is 9.12. The average molecular weight is 359 g/mol. The van der Waals surface area contributed by atoms with Crippen molar-refractivity contribution in [3.05, 3.63) is 28.7 Å². The lowest BCUT2D eigenvalue weighted by molar-refractivity contribution is 0.366. The van der Waals surface area contributed by atoms with Crippen LogP contribution in [0.3, 0.4) is 0 Å². The topological polar surface area (TPSA) is 90.9 Å². The van der Waals surface area contributed by atoms with Crippen molar-refractivity contribution in [2.24, 2.45) is 5.14 Å². The number of sulfonamides is 1. The molecular formula is C12H15BrN4O2S. The van der Waals surface area contributed by atoms with Gasteiger partial charge in [0.25, 0.3) is 15.2 Å². The van der Waals surface area contributed by atoms with Gasteiger partial charge in [-0.2, -0.15) is 0 Å². The third-order valence-electron chi connectivity index (χ3n) is 2.67. The van der Waals surface area contributed by atoms with Crippen molar-refractivity contribution in [2.45, 2.75) is 31.5 Å². The minimum absolute atomic E-state index is 0.240. The van der Waals surface area contributed by atoms with Gasteiger partial charge in [0, 0.05) is 15.6 Å². The van der Waals surface area contributed by atoms with Crippen molar-refractivity contribution < 1.29 is 8.42 Å². The number of rotatable bonds is 2. The highest BCUT2D eigenvalue weighted by atomic mass is 79.9. The second-order valence-corrected chi connectivity index (χ2v) is 7.65. The lowest BCUT2D eigenvalue weighted by Gasteiger charge is -2.24. The van der Waals surface area contributed by atoms with Gasteiger partial charge in [0.15, 0.2) is 5.82 Å². The quantitative estimate of drug-likeness (QED) is 0.889. The Morgan fingerprint density at radius 3 is 2.30 bits per heavy atom. The smallest absolute Gasteiger partial charge is 0.273 e. The Kier molecular flexibility index (Phi) is 3.74. The Morgan fingerprint density at radius 1 is 1.20 bits per heavy atom. The summed E-state index contributed by atoms with van der Waals surface area (Å²) in [6.45, 7) is 5.60. The molecule has 1 heterocycles. The fourth-order valence-corrected chi connectivity index (χ4v) is 3.11. The van der Waals surface area contributed by atoms with E-state index in [4.69, 9.17) is 5.14 Å². The van der Waals surface area contributed by atoms with Crippen LogP contribution in [0.25, 0.3) is 11.4 Å². The van der Waals surface area contributed by atoms with Gasteiger partial charge in [0.1, 0.15) is 0 Å². The number of benzene rings is 1. The Hall–Kier alpha value is -1.25. The number of hydrogen-bond donors (Lipinski definition) is 1. The highest BCUT2D eigenvalue weighted by molar-refractivity contribution is 9.10. The molecule has 0 saturated heterocycles. The molecule has 2 aromatic rings. The first kappa shape index (κ1) is 15.1. The van der Waals surface area contributed by atoms with Crippen LogP contribution in [-0.2, 0) is 15.6 Å². The molecular weight excluding hydrogens is 344 g/mol. The zero-order valence-corrected chi connectivity index (χ0v) is 13.7. The Labute approximate surface area is 126 Å². The maximum absolute atomic E-state index is 11.7. The van der Waals surface area contributed by atoms with Crippen molar-refractivity contribution in [1.82, 2.24) is 14.8 Å². The minimum Gasteiger partial charge on any atom is -0.291 e. The zero-order chi connectivity index (χ0) is 15.1. The molecule has 0 saturated carbocycles. The maximum atomic E-state index is 11.7. The molecule has 2 N–H and O–H groups in total. The molecule has 108 valence electrons. The first-order valence-corrected chi connectivity index (χ1v) is 8.20. The summed E-state index contributed by atoms with van der Waals surface area (Å²) in [4.78, 5) is 0. The monoisotopic (exact) mass is 358 g/mol. The molecule has 0 spiro atoms. The van der Waals surface area contributed by atoms with Gasteiger partial charge in [-0.1, -0.05) is 34.1 Å². The van der Waals surface area contributed by atoms with Crippen molar-refractivity contribution in [2.75, 3.05) is 0 Å². The maximum Gasteiger partial charge on any atom is 0.273 e. The van der Waals surface area contributed by atoms with Crippen molar-refractivity contribution in [3.8, 4) is 11.4 Å². The molecule has 2 rings (SSSR count). The van der Waals surface area contributed by atoms with Gasteiger partial charge < -0.3 is 0 Å². The van der Waals surface area contributed by atoms with Gasteiger partial charge in [0.05, 0.1) is 0 Å². The SMILES string of the molecule is CC(C)(C)n1c(-c2ccccc2Br)nnc1S(N)(=O)=O. The van der Waals surface area contributed by atoms with E-state index in [0.717, 1.165) is 10.0 Å². The summed E-state index contributed by atoms with van der Waals surface area (Å²) >= 11 is 3.43. The van der Waals surface area contributed by atoms with Gasteiger partial charge in [-0.15, -0.1) is 10.2 Å². The molecule has 6 nitrogen and oxygen atoms in total. The van der Waals surface area contributed by atoms with Crippen LogP contribution in [0, 0.1) is 0 Å². The third kappa shape index (κ3) is 2.77. The number of aromatic nitrogens is 3. The van der Waals surface area contributed by atoms with Crippen LogP contribution in [0.15, 0.2) is 33.9 Å². The molecule has 0 atom stereocenters. The standard InChI is InChI=1S/C12H15BrN4O2S/c1-12(2,3)17-10(8-6-4-5-7-9(8)13)15-16-11(17)20(14,18)19/h4-7H,1-3H3,(H2,14,18,19). The lowest BCUT2D eigenvalue weighted by atomic mass is 10.1. The van der Waals surface area contributed by atoms with Crippen LogP contribution < -0.4 is 5.14 Å². The summed E-state index contributed by atoms with van der Waals surface area (Å²) in [5.41, 5.74) is 0.223. The molecule has 20 heavy (non-hydrogen) atoms. The van der Waals surface area contributed by atoms with E-state index >= 15 is 0 Å². The second kappa shape index (κ2) is 4.94. The van der Waals surface area contributed by atoms with E-state index in [-0.39, 0.29) is 5.16 Å². The number of hydrogen-bond acceptors (Lipinski definition) is 4. The Balaban J connectivity index is 2.81. The fourth-order valence-electron chi connectivity index (χ4n) is 1.88. The minimum atomic E-state index is -3.94. The van der Waals surface area contributed by atoms with Gasteiger partial charge in [-0.05, 0) is 26.8 Å². The van der Waals surface area contributed by atoms with Gasteiger partial charge >= 0.3 is 0 Å². The second-order valence-electron chi connectivity index (χ2n) is 5.34. The van der Waals surface area contributed by atoms with Gasteiger partial charge in [-0.3, -0.25) is 4.57 Å². The number of halogens is 1. The van der Waals surface area contributed by atoms with E-state index in [9.17, 15) is 8.42 Å². The zero-order valence-electron chi connectivity index (χ0n) is 11.3. The van der Waals surface area contributed by atoms with Crippen LogP contribution in [-0.4, -0.2) is 23.2 Å². The summed E-state index contributed by atoms with van der Waals surface area (Å²) < 4.78 is 25.7. The predicted octanol–water partition coefficient (Wildman–Crippen LogP) is 2.11. The van der Waals surface area contributed by atoms with Crippen LogP contribution >= 0.6 is 15.9 Å². The van der Waals surface area contributed by atoms with E-state index in [1.54, 1.807) is 0 Å². The number of nitrogens with zero attached hydrogens (tertiary/aromatic N) is 3. The normalized spacial score (nSPS) is 12.7. The number of primary sulfonamides is 1. The molecule has 0 radical (unpaired) electrons. The van der Waals surface area contributed by atoms with Crippen molar-refractivity contribution in [1.29, 1.82) is 0 Å². The molecule has 1 aromatic heterocycles. The summed E-state index contributed by atoms with van der Waals surface area (Å²) in [6, 6.07) is 7.40. The molecule has 0 aliphatic carbocycles. The lowest BCUT2D eigenvalue weighted by Crippen LogP contribution is -2.29. The molecule has 0 amide bonds. The van der Waals surface area contributed by atoms with Crippen LogP contribution in [0.5, 0.6) is 0 Å². The highest BCUT2D eigenvalue weighted by Crippen LogP contribution is 2.31. The average Bonchev–Trinajstić information content (AvgIpc) is 2.73. The first-order valence-electron chi connectivity index (χ1n) is 5.86. The van der Waals surface area contributed by atoms with E-state index in [0.29, 0.717) is 5.82 Å². The van der Waals surface area contributed by atoms with Crippen molar-refractivity contribution >= 4 is 26.0 Å². The van der Waals surface area contributed by atoms with E-state index < -0.39 is 15.6 Å². The molecule has 0 unspecified atom stereocenters. The van der Waals surface area contributed by atoms with Crippen molar-refractivity contribution in [3.63, 3.8) is 0 Å². The molecule has 8 heteroatoms. The predicted molar refractivity (Wildman–Crippen MR) is 79.5 cm³/mol. The van der Waals surface area contributed by atoms with Crippen LogP contribution in [0.4, 0.5) is 0 Å². The summed E-state index contributed by atoms with van der Waals surface area (Å²) in [7, 11) is -3.94. The Bertz CT molecular complexity index is 747. The van der Waals surface area contributed by atoms with E-state index in [1.165, 1.54) is 4.57 Å². The number of nitrogens with two attached hydrogens (primary N) is 1. The van der Waals surface area contributed by atoms with Gasteiger partial charge in [-0.25, -0.2) is 13.6 Å². The van der Waals surface area contributed by atoms with E-state index in [1.807, 2.05) is 45.0 Å². The van der Waals surface area contributed by atoms with Crippen LogP contribution in [0.1, 0.15) is 20.8 Å². The third-order valence-corrected chi connectivity index (χ3v) is 4.14. The molecule has 0 aliphatic rings. The molecule has 1 aromatic carbocycles. The summed E-state index contributed by atoms with van der Waals surface area (Å²) in [6.07, 6.45) is 0. The fraction of sp³-hybridized carbons (Fsp3) is 0.333. The Morgan fingerprint density at radius 2 is 1.80 bits per heavy atom. The van der Waals surface area contributed by atoms with E-state index in [2.05, 4.69) is 26.1 Å². The molecule has 0 aliphatic heterocycles. The summed E-state index contributed by atoms with van der Waals surface area (Å²) in [5.74, 6) is 0.453. The van der Waals surface area contributed by atoms with Gasteiger partial charge in [0.2, 0.25) is 0 Å². The van der Waals surface area contributed by atoms with Crippen LogP contribution in [0.2, 0.25) is 0 Å². The summed E-state index contributed by atoms with van der Waals surface area (Å²) in [5, 5.41) is 12.7. The highest BCUT2D eigenvalue weighted by Gasteiger charge is 2.29. The molecule has 0 bridgehead atoms.